The lowest BCUT2D eigenvalue weighted by molar-refractivity contribution is 0.183. The first-order chi connectivity index (χ1) is 7.75. The maximum Gasteiger partial charge on any atom is 0.0408 e. The third kappa shape index (κ3) is 3.21. The Balaban J connectivity index is 1.93. The van der Waals surface area contributed by atoms with Gasteiger partial charge in [-0.2, -0.15) is 0 Å². The predicted molar refractivity (Wildman–Crippen MR) is 69.1 cm³/mol. The SMILES string of the molecule is CC(Cc1cccc(Cl)c1)N1CCNCC1. The molecule has 1 aromatic carbocycles. The van der Waals surface area contributed by atoms with Gasteiger partial charge in [0, 0.05) is 37.2 Å². The molecule has 1 aliphatic heterocycles. The van der Waals surface area contributed by atoms with E-state index in [4.69, 9.17) is 11.6 Å². The van der Waals surface area contributed by atoms with Crippen molar-refractivity contribution in [2.75, 3.05) is 26.2 Å². The van der Waals surface area contributed by atoms with Crippen molar-refractivity contribution in [3.63, 3.8) is 0 Å². The van der Waals surface area contributed by atoms with Crippen LogP contribution < -0.4 is 5.32 Å². The molecule has 3 heteroatoms. The van der Waals surface area contributed by atoms with Crippen molar-refractivity contribution in [3.8, 4) is 0 Å². The van der Waals surface area contributed by atoms with E-state index in [2.05, 4.69) is 29.3 Å². The minimum Gasteiger partial charge on any atom is -0.314 e. The van der Waals surface area contributed by atoms with Crippen molar-refractivity contribution in [2.45, 2.75) is 19.4 Å². The van der Waals surface area contributed by atoms with E-state index in [0.717, 1.165) is 37.6 Å². The Morgan fingerprint density at radius 3 is 2.81 bits per heavy atom. The van der Waals surface area contributed by atoms with Crippen LogP contribution >= 0.6 is 11.6 Å². The van der Waals surface area contributed by atoms with E-state index in [-0.39, 0.29) is 0 Å². The third-order valence-electron chi connectivity index (χ3n) is 3.20. The van der Waals surface area contributed by atoms with Gasteiger partial charge in [-0.1, -0.05) is 23.7 Å². The monoisotopic (exact) mass is 238 g/mol. The first-order valence-electron chi connectivity index (χ1n) is 5.95. The summed E-state index contributed by atoms with van der Waals surface area (Å²) >= 11 is 5.99. The Hall–Kier alpha value is -0.570. The highest BCUT2D eigenvalue weighted by Gasteiger charge is 2.16. The fourth-order valence-corrected chi connectivity index (χ4v) is 2.47. The lowest BCUT2D eigenvalue weighted by Gasteiger charge is -2.32. The number of nitrogens with one attached hydrogen (secondary N) is 1. The van der Waals surface area contributed by atoms with Gasteiger partial charge >= 0.3 is 0 Å². The van der Waals surface area contributed by atoms with Crippen molar-refractivity contribution in [1.82, 2.24) is 10.2 Å². The lowest BCUT2D eigenvalue weighted by atomic mass is 10.1. The molecule has 1 aliphatic rings. The van der Waals surface area contributed by atoms with Gasteiger partial charge in [0.2, 0.25) is 0 Å². The van der Waals surface area contributed by atoms with E-state index >= 15 is 0 Å². The van der Waals surface area contributed by atoms with Crippen LogP contribution in [0.3, 0.4) is 0 Å². The zero-order valence-electron chi connectivity index (χ0n) is 9.75. The second-order valence-electron chi connectivity index (χ2n) is 4.47. The molecule has 1 fully saturated rings. The van der Waals surface area contributed by atoms with Crippen LogP contribution in [0, 0.1) is 0 Å². The molecular formula is C13H19ClN2. The van der Waals surface area contributed by atoms with E-state index in [9.17, 15) is 0 Å². The van der Waals surface area contributed by atoms with Crippen LogP contribution in [-0.2, 0) is 6.42 Å². The second kappa shape index (κ2) is 5.67. The first-order valence-corrected chi connectivity index (χ1v) is 6.33. The summed E-state index contributed by atoms with van der Waals surface area (Å²) < 4.78 is 0. The Morgan fingerprint density at radius 1 is 1.38 bits per heavy atom. The van der Waals surface area contributed by atoms with Crippen LogP contribution in [-0.4, -0.2) is 37.1 Å². The minimum absolute atomic E-state index is 0.598. The number of hydrogen-bond acceptors (Lipinski definition) is 2. The van der Waals surface area contributed by atoms with Crippen molar-refractivity contribution in [3.05, 3.63) is 34.9 Å². The molecule has 0 radical (unpaired) electrons. The summed E-state index contributed by atoms with van der Waals surface area (Å²) in [4.78, 5) is 2.54. The largest absolute Gasteiger partial charge is 0.314 e. The number of rotatable bonds is 3. The number of benzene rings is 1. The second-order valence-corrected chi connectivity index (χ2v) is 4.91. The summed E-state index contributed by atoms with van der Waals surface area (Å²) in [5, 5.41) is 4.22. The molecule has 0 aromatic heterocycles. The van der Waals surface area contributed by atoms with Gasteiger partial charge in [-0.05, 0) is 31.0 Å². The molecule has 2 rings (SSSR count). The van der Waals surface area contributed by atoms with Gasteiger partial charge in [-0.3, -0.25) is 4.90 Å². The quantitative estimate of drug-likeness (QED) is 0.869. The van der Waals surface area contributed by atoms with Crippen molar-refractivity contribution in [1.29, 1.82) is 0 Å². The molecule has 2 nitrogen and oxygen atoms in total. The fourth-order valence-electron chi connectivity index (χ4n) is 2.26. The number of hydrogen-bond donors (Lipinski definition) is 1. The Labute approximate surface area is 103 Å². The Morgan fingerprint density at radius 2 is 2.12 bits per heavy atom. The lowest BCUT2D eigenvalue weighted by Crippen LogP contribution is -2.48. The van der Waals surface area contributed by atoms with E-state index in [1.165, 1.54) is 5.56 Å². The molecule has 88 valence electrons. The average Bonchev–Trinajstić information content (AvgIpc) is 2.30. The van der Waals surface area contributed by atoms with Crippen molar-refractivity contribution in [2.24, 2.45) is 0 Å². The Bertz CT molecular complexity index is 334. The summed E-state index contributed by atoms with van der Waals surface area (Å²) in [5.41, 5.74) is 1.33. The molecule has 0 amide bonds. The number of nitrogens with zero attached hydrogens (tertiary/aromatic N) is 1. The highest BCUT2D eigenvalue weighted by Crippen LogP contribution is 2.14. The summed E-state index contributed by atoms with van der Waals surface area (Å²) in [6, 6.07) is 8.79. The molecule has 0 spiro atoms. The van der Waals surface area contributed by atoms with E-state index in [1.807, 2.05) is 12.1 Å². The van der Waals surface area contributed by atoms with Crippen LogP contribution in [0.5, 0.6) is 0 Å². The average molecular weight is 239 g/mol. The van der Waals surface area contributed by atoms with Crippen LogP contribution in [0.2, 0.25) is 5.02 Å². The molecule has 1 aromatic rings. The van der Waals surface area contributed by atoms with Crippen molar-refractivity contribution >= 4 is 11.6 Å². The fraction of sp³-hybridized carbons (Fsp3) is 0.538. The third-order valence-corrected chi connectivity index (χ3v) is 3.43. The van der Waals surface area contributed by atoms with Crippen LogP contribution in [0.15, 0.2) is 24.3 Å². The molecule has 1 unspecified atom stereocenters. The smallest absolute Gasteiger partial charge is 0.0408 e. The topological polar surface area (TPSA) is 15.3 Å². The first kappa shape index (κ1) is 11.9. The van der Waals surface area contributed by atoms with Crippen LogP contribution in [0.1, 0.15) is 12.5 Å². The molecule has 0 saturated carbocycles. The molecule has 1 heterocycles. The highest BCUT2D eigenvalue weighted by atomic mass is 35.5. The molecular weight excluding hydrogens is 220 g/mol. The molecule has 0 bridgehead atoms. The van der Waals surface area contributed by atoms with Gasteiger partial charge in [-0.15, -0.1) is 0 Å². The summed E-state index contributed by atoms with van der Waals surface area (Å²) in [6.45, 7) is 6.83. The number of piperazine rings is 1. The molecule has 1 saturated heterocycles. The predicted octanol–water partition coefficient (Wildman–Crippen LogP) is 2.18. The highest BCUT2D eigenvalue weighted by molar-refractivity contribution is 6.30. The van der Waals surface area contributed by atoms with Crippen LogP contribution in [0.4, 0.5) is 0 Å². The van der Waals surface area contributed by atoms with Gasteiger partial charge in [0.15, 0.2) is 0 Å². The van der Waals surface area contributed by atoms with Gasteiger partial charge in [-0.25, -0.2) is 0 Å². The van der Waals surface area contributed by atoms with Gasteiger partial charge in [0.1, 0.15) is 0 Å². The molecule has 0 aliphatic carbocycles. The molecule has 1 N–H and O–H groups in total. The van der Waals surface area contributed by atoms with Gasteiger partial charge in [0.05, 0.1) is 0 Å². The van der Waals surface area contributed by atoms with Crippen LogP contribution in [0.25, 0.3) is 0 Å². The van der Waals surface area contributed by atoms with Gasteiger partial charge < -0.3 is 5.32 Å². The Kier molecular flexibility index (Phi) is 4.22. The van der Waals surface area contributed by atoms with E-state index < -0.39 is 0 Å². The summed E-state index contributed by atoms with van der Waals surface area (Å²) in [5.74, 6) is 0. The summed E-state index contributed by atoms with van der Waals surface area (Å²) in [7, 11) is 0. The van der Waals surface area contributed by atoms with E-state index in [0.29, 0.717) is 6.04 Å². The zero-order chi connectivity index (χ0) is 11.4. The molecule has 1 atom stereocenters. The normalized spacial score (nSPS) is 19.6. The van der Waals surface area contributed by atoms with Gasteiger partial charge in [0.25, 0.3) is 0 Å². The molecule has 16 heavy (non-hydrogen) atoms. The standard InChI is InChI=1S/C13H19ClN2/c1-11(16-7-5-15-6-8-16)9-12-3-2-4-13(14)10-12/h2-4,10-11,15H,5-9H2,1H3. The van der Waals surface area contributed by atoms with E-state index in [1.54, 1.807) is 0 Å². The summed E-state index contributed by atoms with van der Waals surface area (Å²) in [6.07, 6.45) is 1.08. The zero-order valence-corrected chi connectivity index (χ0v) is 10.5. The van der Waals surface area contributed by atoms with Crippen molar-refractivity contribution < 1.29 is 0 Å². The minimum atomic E-state index is 0.598. The maximum atomic E-state index is 5.99. The number of halogens is 1. The maximum absolute atomic E-state index is 5.99.